The molecule has 1 saturated heterocycles. The summed E-state index contributed by atoms with van der Waals surface area (Å²) in [6.07, 6.45) is 0. The first-order valence-electron chi connectivity index (χ1n) is 9.57. The third kappa shape index (κ3) is 4.75. The highest BCUT2D eigenvalue weighted by Crippen LogP contribution is 2.22. The molecule has 148 valence electrons. The Morgan fingerprint density at radius 3 is 2.36 bits per heavy atom. The average molecular weight is 383 g/mol. The minimum Gasteiger partial charge on any atom is -0.367 e. The topological polar surface area (TPSA) is 52.7 Å². The lowest BCUT2D eigenvalue weighted by atomic mass is 10.1. The summed E-state index contributed by atoms with van der Waals surface area (Å²) < 4.78 is 14.4. The summed E-state index contributed by atoms with van der Waals surface area (Å²) >= 11 is 0. The number of nitrogens with zero attached hydrogens (tertiary/aromatic N) is 2. The van der Waals surface area contributed by atoms with Gasteiger partial charge in [0.2, 0.25) is 5.91 Å². The van der Waals surface area contributed by atoms with Gasteiger partial charge in [-0.25, -0.2) is 4.39 Å². The summed E-state index contributed by atoms with van der Waals surface area (Å²) in [5.74, 6) is -0.533. The highest BCUT2D eigenvalue weighted by atomic mass is 19.1. The second kappa shape index (κ2) is 8.97. The molecule has 1 fully saturated rings. The maximum atomic E-state index is 14.4. The predicted octanol–water partition coefficient (Wildman–Crippen LogP) is 2.86. The van der Waals surface area contributed by atoms with Gasteiger partial charge in [0, 0.05) is 38.3 Å². The number of carbonyl (C=O) groups excluding carboxylic acids is 2. The average Bonchev–Trinajstić information content (AvgIpc) is 2.72. The first-order chi connectivity index (χ1) is 13.5. The van der Waals surface area contributed by atoms with Gasteiger partial charge in [-0.05, 0) is 37.6 Å². The van der Waals surface area contributed by atoms with Crippen LogP contribution in [0.4, 0.5) is 10.1 Å². The Hall–Kier alpha value is -2.73. The Bertz CT molecular complexity index is 833. The van der Waals surface area contributed by atoms with Gasteiger partial charge in [-0.2, -0.15) is 0 Å². The maximum absolute atomic E-state index is 14.4. The number of piperazine rings is 1. The Kier molecular flexibility index (Phi) is 6.41. The lowest BCUT2D eigenvalue weighted by molar-refractivity contribution is -0.126. The van der Waals surface area contributed by atoms with Crippen LogP contribution in [0.2, 0.25) is 0 Å². The van der Waals surface area contributed by atoms with Crippen LogP contribution < -0.4 is 10.2 Å². The van der Waals surface area contributed by atoms with Crippen molar-refractivity contribution in [3.8, 4) is 0 Å². The molecule has 1 amide bonds. The fraction of sp³-hybridized carbons (Fsp3) is 0.364. The molecule has 0 spiro atoms. The van der Waals surface area contributed by atoms with Crippen LogP contribution >= 0.6 is 0 Å². The van der Waals surface area contributed by atoms with E-state index in [2.05, 4.69) is 10.2 Å². The summed E-state index contributed by atoms with van der Waals surface area (Å²) in [6, 6.07) is 14.2. The predicted molar refractivity (Wildman–Crippen MR) is 108 cm³/mol. The molecule has 1 atom stereocenters. The van der Waals surface area contributed by atoms with Crippen molar-refractivity contribution in [1.29, 1.82) is 0 Å². The standard InChI is InChI=1S/C22H26FN3O2/c1-16(22(28)24-15-18-6-4-3-5-7-18)25-10-12-26(13-11-25)21-9-8-19(17(2)27)14-20(21)23/h3-9,14,16H,10-13,15H2,1-2H3,(H,24,28). The van der Waals surface area contributed by atoms with Crippen molar-refractivity contribution in [2.75, 3.05) is 31.1 Å². The van der Waals surface area contributed by atoms with Crippen molar-refractivity contribution in [2.45, 2.75) is 26.4 Å². The van der Waals surface area contributed by atoms with E-state index in [0.717, 1.165) is 5.56 Å². The molecule has 3 rings (SSSR count). The van der Waals surface area contributed by atoms with E-state index >= 15 is 0 Å². The van der Waals surface area contributed by atoms with E-state index in [1.54, 1.807) is 12.1 Å². The molecule has 6 heteroatoms. The summed E-state index contributed by atoms with van der Waals surface area (Å²) in [4.78, 5) is 27.9. The van der Waals surface area contributed by atoms with Crippen LogP contribution in [0.5, 0.6) is 0 Å². The van der Waals surface area contributed by atoms with Gasteiger partial charge in [0.15, 0.2) is 5.78 Å². The number of hydrogen-bond donors (Lipinski definition) is 1. The largest absolute Gasteiger partial charge is 0.367 e. The second-order valence-electron chi connectivity index (χ2n) is 7.12. The zero-order valence-electron chi connectivity index (χ0n) is 16.3. The van der Waals surface area contributed by atoms with Crippen molar-refractivity contribution in [3.63, 3.8) is 0 Å². The highest BCUT2D eigenvalue weighted by Gasteiger charge is 2.26. The molecule has 0 aliphatic carbocycles. The number of Topliss-reactive ketones (excluding diaryl/α,β-unsaturated/α-hetero) is 1. The van der Waals surface area contributed by atoms with Crippen LogP contribution in [0.3, 0.4) is 0 Å². The molecule has 28 heavy (non-hydrogen) atoms. The van der Waals surface area contributed by atoms with Gasteiger partial charge in [0.25, 0.3) is 0 Å². The van der Waals surface area contributed by atoms with Crippen LogP contribution in [-0.4, -0.2) is 48.8 Å². The molecule has 0 aromatic heterocycles. The number of ketones is 1. The summed E-state index contributed by atoms with van der Waals surface area (Å²) in [5, 5.41) is 2.98. The monoisotopic (exact) mass is 383 g/mol. The van der Waals surface area contributed by atoms with E-state index in [-0.39, 0.29) is 23.5 Å². The zero-order valence-corrected chi connectivity index (χ0v) is 16.3. The zero-order chi connectivity index (χ0) is 20.1. The molecule has 0 bridgehead atoms. The molecule has 5 nitrogen and oxygen atoms in total. The van der Waals surface area contributed by atoms with Gasteiger partial charge in [-0.15, -0.1) is 0 Å². The lowest BCUT2D eigenvalue weighted by Gasteiger charge is -2.38. The minimum atomic E-state index is -0.380. The molecule has 1 heterocycles. The number of carbonyl (C=O) groups is 2. The van der Waals surface area contributed by atoms with Crippen LogP contribution in [-0.2, 0) is 11.3 Å². The van der Waals surface area contributed by atoms with Crippen molar-refractivity contribution >= 4 is 17.4 Å². The molecule has 1 aliphatic heterocycles. The Morgan fingerprint density at radius 1 is 1.07 bits per heavy atom. The quantitative estimate of drug-likeness (QED) is 0.780. The molecule has 1 N–H and O–H groups in total. The molecule has 1 aliphatic rings. The van der Waals surface area contributed by atoms with E-state index in [1.165, 1.54) is 13.0 Å². The fourth-order valence-electron chi connectivity index (χ4n) is 3.43. The Morgan fingerprint density at radius 2 is 1.75 bits per heavy atom. The van der Waals surface area contributed by atoms with Gasteiger partial charge in [-0.3, -0.25) is 14.5 Å². The smallest absolute Gasteiger partial charge is 0.237 e. The SMILES string of the molecule is CC(=O)c1ccc(N2CCN(C(C)C(=O)NCc3ccccc3)CC2)c(F)c1. The van der Waals surface area contributed by atoms with Crippen molar-refractivity contribution in [2.24, 2.45) is 0 Å². The number of halogens is 1. The third-order valence-electron chi connectivity index (χ3n) is 5.25. The van der Waals surface area contributed by atoms with Gasteiger partial charge < -0.3 is 10.2 Å². The number of hydrogen-bond acceptors (Lipinski definition) is 4. The number of anilines is 1. The number of rotatable bonds is 6. The van der Waals surface area contributed by atoms with Crippen LogP contribution in [0, 0.1) is 5.82 Å². The Labute approximate surface area is 165 Å². The molecule has 2 aromatic carbocycles. The van der Waals surface area contributed by atoms with Crippen molar-refractivity contribution < 1.29 is 14.0 Å². The Balaban J connectivity index is 1.53. The number of nitrogens with one attached hydrogen (secondary N) is 1. The number of benzene rings is 2. The first-order valence-corrected chi connectivity index (χ1v) is 9.57. The van der Waals surface area contributed by atoms with Gasteiger partial charge in [0.1, 0.15) is 5.82 Å². The van der Waals surface area contributed by atoms with E-state index < -0.39 is 0 Å². The highest BCUT2D eigenvalue weighted by molar-refractivity contribution is 5.94. The van der Waals surface area contributed by atoms with Crippen LogP contribution in [0.1, 0.15) is 29.8 Å². The van der Waals surface area contributed by atoms with E-state index in [1.807, 2.05) is 42.2 Å². The molecule has 0 saturated carbocycles. The van der Waals surface area contributed by atoms with Crippen molar-refractivity contribution in [3.05, 3.63) is 65.5 Å². The van der Waals surface area contributed by atoms with Gasteiger partial charge >= 0.3 is 0 Å². The summed E-state index contributed by atoms with van der Waals surface area (Å²) in [6.45, 7) is 6.45. The van der Waals surface area contributed by atoms with Crippen molar-refractivity contribution in [1.82, 2.24) is 10.2 Å². The fourth-order valence-corrected chi connectivity index (χ4v) is 3.43. The molecule has 0 radical (unpaired) electrons. The van der Waals surface area contributed by atoms with Gasteiger partial charge in [0.05, 0.1) is 11.7 Å². The van der Waals surface area contributed by atoms with Crippen LogP contribution in [0.15, 0.2) is 48.5 Å². The molecular weight excluding hydrogens is 357 g/mol. The lowest BCUT2D eigenvalue weighted by Crippen LogP contribution is -2.54. The molecule has 2 aromatic rings. The third-order valence-corrected chi connectivity index (χ3v) is 5.25. The minimum absolute atomic E-state index is 0.00528. The number of amides is 1. The van der Waals surface area contributed by atoms with E-state index in [0.29, 0.717) is 44.0 Å². The van der Waals surface area contributed by atoms with E-state index in [9.17, 15) is 14.0 Å². The normalized spacial score (nSPS) is 15.9. The van der Waals surface area contributed by atoms with Gasteiger partial charge in [-0.1, -0.05) is 30.3 Å². The van der Waals surface area contributed by atoms with E-state index in [4.69, 9.17) is 0 Å². The second-order valence-corrected chi connectivity index (χ2v) is 7.12. The summed E-state index contributed by atoms with van der Waals surface area (Å²) in [5.41, 5.74) is 1.95. The maximum Gasteiger partial charge on any atom is 0.237 e. The van der Waals surface area contributed by atoms with Crippen LogP contribution in [0.25, 0.3) is 0 Å². The molecular formula is C22H26FN3O2. The molecule has 1 unspecified atom stereocenters. The first kappa shape index (κ1) is 20.0. The summed E-state index contributed by atoms with van der Waals surface area (Å²) in [7, 11) is 0.